The van der Waals surface area contributed by atoms with E-state index in [2.05, 4.69) is 57.9 Å². The second kappa shape index (κ2) is 10.9. The summed E-state index contributed by atoms with van der Waals surface area (Å²) in [5, 5.41) is 28.0. The molecule has 0 spiro atoms. The number of carbonyl (C=O) groups is 1. The topological polar surface area (TPSA) is 122 Å². The van der Waals surface area contributed by atoms with Crippen LogP contribution in [0.3, 0.4) is 0 Å². The summed E-state index contributed by atoms with van der Waals surface area (Å²) in [6, 6.07) is 24.3. The van der Waals surface area contributed by atoms with Crippen molar-refractivity contribution in [2.45, 2.75) is 39.2 Å². The van der Waals surface area contributed by atoms with Crippen molar-refractivity contribution in [3.63, 3.8) is 0 Å². The molecule has 0 aliphatic heterocycles. The Labute approximate surface area is 214 Å². The lowest BCUT2D eigenvalue weighted by Gasteiger charge is -2.10. The molecule has 0 aliphatic rings. The first-order valence-corrected chi connectivity index (χ1v) is 12.3. The Morgan fingerprint density at radius 3 is 2.27 bits per heavy atom. The quantitative estimate of drug-likeness (QED) is 0.286. The van der Waals surface area contributed by atoms with Gasteiger partial charge in [-0.25, -0.2) is 14.8 Å². The number of carboxylic acids is 1. The van der Waals surface area contributed by atoms with Gasteiger partial charge in [-0.15, -0.1) is 5.10 Å². The SMILES string of the molecule is CCCc1nc(-c2ccc(CCC(=O)O)cc2)n(Cc2ccc(-c3ccccc3-c3nnn[nH]3)cc2)n1. The molecule has 0 bridgehead atoms. The van der Waals surface area contributed by atoms with Gasteiger partial charge >= 0.3 is 5.97 Å². The second-order valence-electron chi connectivity index (χ2n) is 8.84. The third-order valence-corrected chi connectivity index (χ3v) is 6.15. The van der Waals surface area contributed by atoms with Crippen molar-refractivity contribution in [3.8, 4) is 33.9 Å². The van der Waals surface area contributed by atoms with Crippen LogP contribution in [0.15, 0.2) is 72.8 Å². The number of tetrazole rings is 1. The van der Waals surface area contributed by atoms with Crippen LogP contribution in [0.4, 0.5) is 0 Å². The monoisotopic (exact) mass is 493 g/mol. The van der Waals surface area contributed by atoms with Crippen LogP contribution in [-0.4, -0.2) is 46.5 Å². The molecule has 5 rings (SSSR count). The van der Waals surface area contributed by atoms with Gasteiger partial charge in [0.1, 0.15) is 0 Å². The Balaban J connectivity index is 1.39. The Morgan fingerprint density at radius 1 is 0.892 bits per heavy atom. The summed E-state index contributed by atoms with van der Waals surface area (Å²) in [7, 11) is 0. The van der Waals surface area contributed by atoms with Crippen LogP contribution in [-0.2, 0) is 24.2 Å². The lowest BCUT2D eigenvalue weighted by atomic mass is 9.98. The van der Waals surface area contributed by atoms with Gasteiger partial charge in [-0.3, -0.25) is 4.79 Å². The van der Waals surface area contributed by atoms with Crippen molar-refractivity contribution in [1.82, 2.24) is 35.4 Å². The van der Waals surface area contributed by atoms with E-state index in [1.54, 1.807) is 0 Å². The number of aromatic amines is 1. The van der Waals surface area contributed by atoms with Crippen molar-refractivity contribution in [1.29, 1.82) is 0 Å². The summed E-state index contributed by atoms with van der Waals surface area (Å²) in [5.74, 6) is 1.46. The van der Waals surface area contributed by atoms with E-state index in [0.29, 0.717) is 18.8 Å². The van der Waals surface area contributed by atoms with Gasteiger partial charge in [-0.05, 0) is 45.5 Å². The van der Waals surface area contributed by atoms with E-state index in [4.69, 9.17) is 15.2 Å². The molecule has 0 atom stereocenters. The maximum atomic E-state index is 10.9. The number of hydrogen-bond donors (Lipinski definition) is 2. The Bertz CT molecular complexity index is 1470. The molecule has 0 saturated carbocycles. The predicted molar refractivity (Wildman–Crippen MR) is 140 cm³/mol. The Hall–Kier alpha value is -4.66. The molecular formula is C28H27N7O2. The lowest BCUT2D eigenvalue weighted by molar-refractivity contribution is -0.136. The van der Waals surface area contributed by atoms with Crippen molar-refractivity contribution >= 4 is 5.97 Å². The van der Waals surface area contributed by atoms with Gasteiger partial charge in [0.25, 0.3) is 0 Å². The van der Waals surface area contributed by atoms with Gasteiger partial charge in [0.15, 0.2) is 17.5 Å². The normalized spacial score (nSPS) is 11.1. The number of aliphatic carboxylic acids is 1. The summed E-state index contributed by atoms with van der Waals surface area (Å²) >= 11 is 0. The number of aryl methyl sites for hydroxylation is 2. The number of nitrogens with zero attached hydrogens (tertiary/aromatic N) is 6. The van der Waals surface area contributed by atoms with Crippen LogP contribution in [0.1, 0.15) is 36.7 Å². The highest BCUT2D eigenvalue weighted by atomic mass is 16.4. The predicted octanol–water partition coefficient (Wildman–Crippen LogP) is 4.81. The number of carboxylic acid groups (broad SMARTS) is 1. The fourth-order valence-corrected chi connectivity index (χ4v) is 4.29. The van der Waals surface area contributed by atoms with E-state index in [9.17, 15) is 4.79 Å². The van der Waals surface area contributed by atoms with Crippen LogP contribution in [0, 0.1) is 0 Å². The van der Waals surface area contributed by atoms with Gasteiger partial charge in [0.2, 0.25) is 0 Å². The molecule has 0 radical (unpaired) electrons. The molecule has 3 aromatic carbocycles. The van der Waals surface area contributed by atoms with E-state index in [-0.39, 0.29) is 6.42 Å². The molecule has 5 aromatic rings. The van der Waals surface area contributed by atoms with Crippen LogP contribution < -0.4 is 0 Å². The summed E-state index contributed by atoms with van der Waals surface area (Å²) < 4.78 is 1.94. The second-order valence-corrected chi connectivity index (χ2v) is 8.84. The number of rotatable bonds is 10. The molecule has 0 aliphatic carbocycles. The van der Waals surface area contributed by atoms with Crippen LogP contribution >= 0.6 is 0 Å². The molecule has 9 nitrogen and oxygen atoms in total. The zero-order chi connectivity index (χ0) is 25.6. The summed E-state index contributed by atoms with van der Waals surface area (Å²) in [4.78, 5) is 15.7. The number of aromatic nitrogens is 7. The highest BCUT2D eigenvalue weighted by Crippen LogP contribution is 2.30. The van der Waals surface area contributed by atoms with Crippen molar-refractivity contribution in [2.75, 3.05) is 0 Å². The molecule has 0 saturated heterocycles. The van der Waals surface area contributed by atoms with Crippen LogP contribution in [0.25, 0.3) is 33.9 Å². The van der Waals surface area contributed by atoms with Gasteiger partial charge in [0.05, 0.1) is 6.54 Å². The first kappa shape index (κ1) is 24.1. The molecule has 2 N–H and O–H groups in total. The largest absolute Gasteiger partial charge is 0.481 e. The van der Waals surface area contributed by atoms with Crippen molar-refractivity contribution in [3.05, 3.63) is 89.7 Å². The lowest BCUT2D eigenvalue weighted by Crippen LogP contribution is -2.05. The molecule has 2 heterocycles. The molecule has 0 unspecified atom stereocenters. The van der Waals surface area contributed by atoms with E-state index in [0.717, 1.165) is 57.9 Å². The zero-order valence-electron chi connectivity index (χ0n) is 20.5. The van der Waals surface area contributed by atoms with Crippen LogP contribution in [0.5, 0.6) is 0 Å². The highest BCUT2D eigenvalue weighted by Gasteiger charge is 2.14. The molecule has 2 aromatic heterocycles. The fraction of sp³-hybridized carbons (Fsp3) is 0.214. The van der Waals surface area contributed by atoms with E-state index in [1.807, 2.05) is 47.1 Å². The third kappa shape index (κ3) is 5.61. The van der Waals surface area contributed by atoms with E-state index in [1.165, 1.54) is 0 Å². The van der Waals surface area contributed by atoms with Gasteiger partial charge in [0, 0.05) is 24.0 Å². The third-order valence-electron chi connectivity index (χ3n) is 6.15. The average Bonchev–Trinajstić information content (AvgIpc) is 3.59. The fourth-order valence-electron chi connectivity index (χ4n) is 4.29. The highest BCUT2D eigenvalue weighted by molar-refractivity contribution is 5.80. The molecular weight excluding hydrogens is 466 g/mol. The average molecular weight is 494 g/mol. The number of benzene rings is 3. The number of H-pyrrole nitrogens is 1. The first-order chi connectivity index (χ1) is 18.1. The minimum atomic E-state index is -0.794. The maximum absolute atomic E-state index is 10.9. The minimum absolute atomic E-state index is 0.117. The summed E-state index contributed by atoms with van der Waals surface area (Å²) in [6.07, 6.45) is 2.40. The van der Waals surface area contributed by atoms with Crippen molar-refractivity contribution in [2.24, 2.45) is 0 Å². The van der Waals surface area contributed by atoms with E-state index >= 15 is 0 Å². The minimum Gasteiger partial charge on any atom is -0.481 e. The Morgan fingerprint density at radius 2 is 1.59 bits per heavy atom. The first-order valence-electron chi connectivity index (χ1n) is 12.3. The molecule has 0 amide bonds. The van der Waals surface area contributed by atoms with Gasteiger partial charge in [-0.1, -0.05) is 79.7 Å². The number of nitrogens with one attached hydrogen (secondary N) is 1. The standard InChI is InChI=1S/C28H27N7O2/c1-2-5-25-29-28(22-15-8-19(9-16-22)12-17-26(36)37)35(32-25)18-20-10-13-21(14-11-20)23-6-3-4-7-24(23)27-30-33-34-31-27/h3-4,6-11,13-16H,2,5,12,17-18H2,1H3,(H,36,37)(H,30,31,33,34). The molecule has 9 heteroatoms. The Kier molecular flexibility index (Phi) is 7.12. The molecule has 0 fully saturated rings. The van der Waals surface area contributed by atoms with Crippen LogP contribution in [0.2, 0.25) is 0 Å². The summed E-state index contributed by atoms with van der Waals surface area (Å²) in [6.45, 7) is 2.70. The van der Waals surface area contributed by atoms with E-state index < -0.39 is 5.97 Å². The van der Waals surface area contributed by atoms with Gasteiger partial charge < -0.3 is 5.11 Å². The smallest absolute Gasteiger partial charge is 0.303 e. The number of hydrogen-bond acceptors (Lipinski definition) is 6. The van der Waals surface area contributed by atoms with Crippen molar-refractivity contribution < 1.29 is 9.90 Å². The van der Waals surface area contributed by atoms with Gasteiger partial charge in [-0.2, -0.15) is 5.10 Å². The zero-order valence-corrected chi connectivity index (χ0v) is 20.5. The molecule has 186 valence electrons. The summed E-state index contributed by atoms with van der Waals surface area (Å²) in [5.41, 5.74) is 6.10. The molecule has 37 heavy (non-hydrogen) atoms. The maximum Gasteiger partial charge on any atom is 0.303 e.